The molecule has 2 atom stereocenters. The van der Waals surface area contributed by atoms with Crippen molar-refractivity contribution in [2.24, 2.45) is 0 Å². The molecule has 33 heavy (non-hydrogen) atoms. The summed E-state index contributed by atoms with van der Waals surface area (Å²) in [5.74, 6) is -1.31. The molecule has 0 saturated heterocycles. The fourth-order valence-corrected chi connectivity index (χ4v) is 5.06. The van der Waals surface area contributed by atoms with Crippen molar-refractivity contribution in [2.45, 2.75) is 26.3 Å². The minimum Gasteiger partial charge on any atom is -0.503 e. The Balaban J connectivity index is 1.73. The van der Waals surface area contributed by atoms with Crippen molar-refractivity contribution in [2.75, 3.05) is 26.3 Å². The van der Waals surface area contributed by atoms with Crippen molar-refractivity contribution in [3.8, 4) is 16.3 Å². The second-order valence-electron chi connectivity index (χ2n) is 7.65. The van der Waals surface area contributed by atoms with Crippen LogP contribution >= 0.6 is 20.6 Å². The van der Waals surface area contributed by atoms with E-state index in [9.17, 15) is 19.1 Å². The van der Waals surface area contributed by atoms with E-state index in [0.29, 0.717) is 42.7 Å². The number of amides is 1. The Morgan fingerprint density at radius 1 is 1.30 bits per heavy atom. The lowest BCUT2D eigenvalue weighted by molar-refractivity contribution is 0.0538. The fraction of sp³-hybridized carbons (Fsp3) is 0.364. The third-order valence-corrected chi connectivity index (χ3v) is 7.06. The number of rotatable bonds is 7. The molecule has 0 bridgehead atoms. The summed E-state index contributed by atoms with van der Waals surface area (Å²) in [6, 6.07) is 4.23. The first-order chi connectivity index (χ1) is 15.8. The third-order valence-electron chi connectivity index (χ3n) is 5.57. The van der Waals surface area contributed by atoms with E-state index in [-0.39, 0.29) is 23.1 Å². The number of carbonyl (C=O) groups excluding carboxylic acids is 1. The van der Waals surface area contributed by atoms with Crippen LogP contribution in [0.25, 0.3) is 10.6 Å². The number of hydrogen-bond donors (Lipinski definition) is 1. The topological polar surface area (TPSA) is 97.6 Å². The first kappa shape index (κ1) is 23.5. The van der Waals surface area contributed by atoms with Gasteiger partial charge in [0.05, 0.1) is 18.2 Å². The molecular formula is C22H24FN4O4PS. The predicted octanol–water partition coefficient (Wildman–Crippen LogP) is 2.36. The van der Waals surface area contributed by atoms with Crippen molar-refractivity contribution >= 4 is 31.8 Å². The fourth-order valence-electron chi connectivity index (χ4n) is 3.83. The smallest absolute Gasteiger partial charge is 0.274 e. The van der Waals surface area contributed by atoms with Crippen molar-refractivity contribution < 1.29 is 19.0 Å². The van der Waals surface area contributed by atoms with Gasteiger partial charge in [0.25, 0.3) is 5.91 Å². The number of likely N-dealkylation sites (N-methyl/N-ethyl adjacent to an activating group) is 1. The zero-order valence-electron chi connectivity index (χ0n) is 18.2. The molecule has 1 aromatic carbocycles. The van der Waals surface area contributed by atoms with Crippen LogP contribution in [0.15, 0.2) is 29.2 Å². The minimum atomic E-state index is -0.668. The molecule has 0 saturated carbocycles. The van der Waals surface area contributed by atoms with Gasteiger partial charge in [-0.2, -0.15) is 0 Å². The molecule has 1 aliphatic heterocycles. The largest absolute Gasteiger partial charge is 0.503 e. The minimum absolute atomic E-state index is 0.0368. The summed E-state index contributed by atoms with van der Waals surface area (Å²) in [7, 11) is 2.50. The first-order valence-electron chi connectivity index (χ1n) is 10.6. The van der Waals surface area contributed by atoms with Gasteiger partial charge in [-0.1, -0.05) is 17.4 Å². The number of ether oxygens (including phenoxy) is 1. The van der Waals surface area contributed by atoms with Gasteiger partial charge in [0, 0.05) is 32.3 Å². The molecular weight excluding hydrogens is 466 g/mol. The molecule has 1 aliphatic rings. The standard InChI is InChI=1S/C22H24FN4O4PS/c1-3-26-9-14(11-31-4-2)27-10-15(19(28)20(29)18(27)22(26)30)21-25-24-17(33-21)7-12-5-6-13(23)8-16(12)32/h5-6,8,10,14,29H,3-4,7,9,11,32H2,1-2H3/t14-/m1/s1. The van der Waals surface area contributed by atoms with Crippen LogP contribution in [-0.4, -0.2) is 57.0 Å². The molecule has 8 nitrogen and oxygen atoms in total. The number of aromatic nitrogens is 3. The average molecular weight is 490 g/mol. The lowest BCUT2D eigenvalue weighted by Crippen LogP contribution is -2.45. The van der Waals surface area contributed by atoms with Gasteiger partial charge in [-0.25, -0.2) is 4.39 Å². The molecule has 0 aliphatic carbocycles. The van der Waals surface area contributed by atoms with Gasteiger partial charge < -0.3 is 19.3 Å². The van der Waals surface area contributed by atoms with Gasteiger partial charge in [0.15, 0.2) is 16.5 Å². The highest BCUT2D eigenvalue weighted by Crippen LogP contribution is 2.31. The highest BCUT2D eigenvalue weighted by Gasteiger charge is 2.34. The molecule has 0 spiro atoms. The number of nitrogens with zero attached hydrogens (tertiary/aromatic N) is 4. The van der Waals surface area contributed by atoms with E-state index in [2.05, 4.69) is 19.4 Å². The van der Waals surface area contributed by atoms with Crippen molar-refractivity contribution in [1.82, 2.24) is 19.7 Å². The molecule has 4 rings (SSSR count). The van der Waals surface area contributed by atoms with Gasteiger partial charge >= 0.3 is 0 Å². The zero-order valence-corrected chi connectivity index (χ0v) is 20.2. The maximum absolute atomic E-state index is 13.4. The van der Waals surface area contributed by atoms with Crippen LogP contribution in [0.2, 0.25) is 0 Å². The highest BCUT2D eigenvalue weighted by atomic mass is 32.1. The molecule has 2 aromatic heterocycles. The molecule has 11 heteroatoms. The molecule has 3 heterocycles. The second kappa shape index (κ2) is 9.67. The number of pyridine rings is 1. The number of hydrogen-bond acceptors (Lipinski definition) is 7. The van der Waals surface area contributed by atoms with Crippen LogP contribution in [0, 0.1) is 5.82 Å². The Morgan fingerprint density at radius 3 is 2.79 bits per heavy atom. The quantitative estimate of drug-likeness (QED) is 0.511. The van der Waals surface area contributed by atoms with Crippen LogP contribution in [0.1, 0.15) is 40.9 Å². The van der Waals surface area contributed by atoms with Crippen LogP contribution in [0.3, 0.4) is 0 Å². The Labute approximate surface area is 196 Å². The van der Waals surface area contributed by atoms with Gasteiger partial charge in [0.1, 0.15) is 10.8 Å². The van der Waals surface area contributed by atoms with Crippen molar-refractivity contribution in [3.63, 3.8) is 0 Å². The van der Waals surface area contributed by atoms with Crippen LogP contribution in [-0.2, 0) is 11.2 Å². The average Bonchev–Trinajstić information content (AvgIpc) is 3.25. The van der Waals surface area contributed by atoms with Gasteiger partial charge in [-0.15, -0.1) is 19.4 Å². The Bertz CT molecular complexity index is 1260. The van der Waals surface area contributed by atoms with Crippen molar-refractivity contribution in [1.29, 1.82) is 0 Å². The summed E-state index contributed by atoms with van der Waals surface area (Å²) in [4.78, 5) is 27.4. The molecule has 0 fully saturated rings. The first-order valence-corrected chi connectivity index (χ1v) is 11.9. The van der Waals surface area contributed by atoms with E-state index in [1.165, 1.54) is 23.5 Å². The Hall–Kier alpha value is -2.68. The lowest BCUT2D eigenvalue weighted by atomic mass is 10.1. The predicted molar refractivity (Wildman–Crippen MR) is 127 cm³/mol. The van der Waals surface area contributed by atoms with E-state index in [1.54, 1.807) is 21.7 Å². The summed E-state index contributed by atoms with van der Waals surface area (Å²) < 4.78 is 20.6. The highest BCUT2D eigenvalue weighted by molar-refractivity contribution is 7.27. The number of benzene rings is 1. The monoisotopic (exact) mass is 490 g/mol. The molecule has 1 N–H and O–H groups in total. The Kier molecular flexibility index (Phi) is 6.88. The molecule has 1 unspecified atom stereocenters. The van der Waals surface area contributed by atoms with Gasteiger partial charge in [0.2, 0.25) is 5.43 Å². The second-order valence-corrected chi connectivity index (χ2v) is 9.34. The number of aromatic hydroxyl groups is 1. The lowest BCUT2D eigenvalue weighted by Gasteiger charge is -2.35. The van der Waals surface area contributed by atoms with Crippen molar-refractivity contribution in [3.05, 3.63) is 56.7 Å². The number of halogens is 1. The normalized spacial score (nSPS) is 15.7. The summed E-state index contributed by atoms with van der Waals surface area (Å²) in [5.41, 5.74) is 0.338. The Morgan fingerprint density at radius 2 is 2.09 bits per heavy atom. The molecule has 0 radical (unpaired) electrons. The van der Waals surface area contributed by atoms with Crippen LogP contribution in [0.4, 0.5) is 4.39 Å². The molecule has 174 valence electrons. The van der Waals surface area contributed by atoms with E-state index in [0.717, 1.165) is 10.9 Å². The van der Waals surface area contributed by atoms with Gasteiger partial charge in [-0.05, 0) is 36.8 Å². The molecule has 3 aromatic rings. The maximum Gasteiger partial charge on any atom is 0.274 e. The van der Waals surface area contributed by atoms with E-state index >= 15 is 0 Å². The van der Waals surface area contributed by atoms with Crippen LogP contribution < -0.4 is 10.7 Å². The van der Waals surface area contributed by atoms with Crippen LogP contribution in [0.5, 0.6) is 5.75 Å². The summed E-state index contributed by atoms with van der Waals surface area (Å²) in [5, 5.41) is 20.7. The van der Waals surface area contributed by atoms with E-state index in [1.807, 2.05) is 13.8 Å². The van der Waals surface area contributed by atoms with E-state index < -0.39 is 17.1 Å². The zero-order chi connectivity index (χ0) is 23.7. The SMILES string of the molecule is CCOC[C@H]1CN(CC)C(=O)c2c(O)c(=O)c(-c3nnc(Cc4ccc(F)cc4P)s3)cn21. The molecule has 1 amide bonds. The van der Waals surface area contributed by atoms with Gasteiger partial charge in [-0.3, -0.25) is 9.59 Å². The number of carbonyl (C=O) groups is 1. The van der Waals surface area contributed by atoms with E-state index in [4.69, 9.17) is 4.74 Å². The number of fused-ring (bicyclic) bond motifs is 1. The third kappa shape index (κ3) is 4.55. The maximum atomic E-state index is 13.4. The summed E-state index contributed by atoms with van der Waals surface area (Å²) in [6.07, 6.45) is 1.99. The summed E-state index contributed by atoms with van der Waals surface area (Å²) in [6.45, 7) is 5.43. The summed E-state index contributed by atoms with van der Waals surface area (Å²) >= 11 is 1.22.